The summed E-state index contributed by atoms with van der Waals surface area (Å²) < 4.78 is 19.6. The van der Waals surface area contributed by atoms with Gasteiger partial charge in [-0.25, -0.2) is 4.39 Å². The van der Waals surface area contributed by atoms with Crippen molar-refractivity contribution in [3.05, 3.63) is 59.4 Å². The molecule has 40 heavy (non-hydrogen) atoms. The minimum Gasteiger partial charge on any atom is -0.457 e. The van der Waals surface area contributed by atoms with Crippen molar-refractivity contribution in [3.8, 4) is 0 Å². The standard InChI is InChI=1S/C34H48FN3O2/c1-3-4-5-6-7-8-9-15-33(39)40-32(26-16-18-27(35)19-17-26)14-11-21-37-22-20-30-29(25-37)28-12-10-13-31-34(28)38(30)24-23-36(31)2/h10,12-13,16-19,29-30,32H,3-9,11,14-15,20-25H2,1-2H3/t29-,30-,32+/m0/s1. The van der Waals surface area contributed by atoms with E-state index in [4.69, 9.17) is 4.74 Å². The molecule has 6 heteroatoms. The van der Waals surface area contributed by atoms with Crippen LogP contribution in [0.15, 0.2) is 42.5 Å². The van der Waals surface area contributed by atoms with Crippen LogP contribution in [-0.2, 0) is 9.53 Å². The van der Waals surface area contributed by atoms with E-state index in [1.165, 1.54) is 67.6 Å². The second-order valence-corrected chi connectivity index (χ2v) is 12.1. The first kappa shape index (κ1) is 28.9. The molecular formula is C34H48FN3O2. The molecule has 1 fully saturated rings. The van der Waals surface area contributed by atoms with Crippen LogP contribution in [0.1, 0.15) is 101 Å². The molecule has 0 amide bonds. The summed E-state index contributed by atoms with van der Waals surface area (Å²) in [7, 11) is 2.21. The van der Waals surface area contributed by atoms with E-state index in [9.17, 15) is 9.18 Å². The molecule has 3 atom stereocenters. The molecule has 1 saturated heterocycles. The Bertz CT molecular complexity index is 1110. The number of likely N-dealkylation sites (tertiary alicyclic amines) is 1. The normalized spacial score (nSPS) is 20.8. The number of halogens is 1. The van der Waals surface area contributed by atoms with Crippen molar-refractivity contribution in [2.24, 2.45) is 0 Å². The van der Waals surface area contributed by atoms with E-state index in [2.05, 4.69) is 46.9 Å². The molecule has 2 aromatic carbocycles. The van der Waals surface area contributed by atoms with Gasteiger partial charge in [0.15, 0.2) is 0 Å². The van der Waals surface area contributed by atoms with E-state index in [1.807, 2.05) is 0 Å². The van der Waals surface area contributed by atoms with E-state index < -0.39 is 0 Å². The Labute approximate surface area is 240 Å². The number of unbranched alkanes of at least 4 members (excludes halogenated alkanes) is 6. The number of hydrogen-bond donors (Lipinski definition) is 0. The van der Waals surface area contributed by atoms with E-state index in [0.717, 1.165) is 64.0 Å². The molecule has 0 radical (unpaired) electrons. The molecule has 2 aromatic rings. The Kier molecular flexibility index (Phi) is 10.0. The lowest BCUT2D eigenvalue weighted by Crippen LogP contribution is -2.49. The van der Waals surface area contributed by atoms with Crippen LogP contribution in [0.2, 0.25) is 0 Å². The molecule has 0 saturated carbocycles. The van der Waals surface area contributed by atoms with Crippen LogP contribution in [0.5, 0.6) is 0 Å². The number of hydrogen-bond acceptors (Lipinski definition) is 5. The molecule has 3 heterocycles. The van der Waals surface area contributed by atoms with Gasteiger partial charge in [0.1, 0.15) is 11.9 Å². The highest BCUT2D eigenvalue weighted by atomic mass is 19.1. The van der Waals surface area contributed by atoms with E-state index in [1.54, 1.807) is 12.1 Å². The minimum absolute atomic E-state index is 0.127. The van der Waals surface area contributed by atoms with Gasteiger partial charge in [0.25, 0.3) is 0 Å². The Balaban J connectivity index is 1.13. The molecular weight excluding hydrogens is 501 g/mol. The topological polar surface area (TPSA) is 36.0 Å². The van der Waals surface area contributed by atoms with Gasteiger partial charge in [-0.1, -0.05) is 69.7 Å². The van der Waals surface area contributed by atoms with Crippen LogP contribution in [0, 0.1) is 5.82 Å². The Morgan fingerprint density at radius 3 is 2.55 bits per heavy atom. The largest absolute Gasteiger partial charge is 0.457 e. The average Bonchev–Trinajstić information content (AvgIpc) is 3.28. The number of carbonyl (C=O) groups is 1. The van der Waals surface area contributed by atoms with Gasteiger partial charge in [-0.15, -0.1) is 0 Å². The highest BCUT2D eigenvalue weighted by molar-refractivity contribution is 5.80. The van der Waals surface area contributed by atoms with E-state index >= 15 is 0 Å². The number of likely N-dealkylation sites (N-methyl/N-ethyl adjacent to an activating group) is 1. The molecule has 0 unspecified atom stereocenters. The van der Waals surface area contributed by atoms with Crippen molar-refractivity contribution in [1.82, 2.24) is 4.90 Å². The van der Waals surface area contributed by atoms with Gasteiger partial charge in [0.2, 0.25) is 0 Å². The third-order valence-electron chi connectivity index (χ3n) is 9.32. The molecule has 3 aliphatic rings. The van der Waals surface area contributed by atoms with Gasteiger partial charge in [-0.2, -0.15) is 0 Å². The molecule has 0 aliphatic carbocycles. The summed E-state index contributed by atoms with van der Waals surface area (Å²) in [5.41, 5.74) is 5.26. The Morgan fingerprint density at radius 1 is 0.975 bits per heavy atom. The quantitative estimate of drug-likeness (QED) is 0.181. The monoisotopic (exact) mass is 549 g/mol. The maximum absolute atomic E-state index is 13.6. The highest BCUT2D eigenvalue weighted by Crippen LogP contribution is 2.50. The van der Waals surface area contributed by atoms with Gasteiger partial charge in [-0.3, -0.25) is 4.79 Å². The number of ether oxygens (including phenoxy) is 1. The number of piperidine rings is 1. The second-order valence-electron chi connectivity index (χ2n) is 12.1. The van der Waals surface area contributed by atoms with Crippen molar-refractivity contribution in [3.63, 3.8) is 0 Å². The minimum atomic E-state index is -0.315. The summed E-state index contributed by atoms with van der Waals surface area (Å²) >= 11 is 0. The number of nitrogens with zero attached hydrogens (tertiary/aromatic N) is 3. The van der Waals surface area contributed by atoms with Gasteiger partial charge < -0.3 is 19.4 Å². The summed E-state index contributed by atoms with van der Waals surface area (Å²) in [5, 5.41) is 0. The smallest absolute Gasteiger partial charge is 0.306 e. The first-order valence-electron chi connectivity index (χ1n) is 15.8. The number of carbonyl (C=O) groups excluding carboxylic acids is 1. The lowest BCUT2D eigenvalue weighted by Gasteiger charge is -2.41. The number of benzene rings is 2. The number of rotatable bonds is 14. The molecule has 5 rings (SSSR count). The fourth-order valence-electron chi connectivity index (χ4n) is 7.09. The fraction of sp³-hybridized carbons (Fsp3) is 0.618. The predicted octanol–water partition coefficient (Wildman–Crippen LogP) is 7.46. The lowest BCUT2D eigenvalue weighted by molar-refractivity contribution is -0.150. The van der Waals surface area contributed by atoms with Crippen molar-refractivity contribution >= 4 is 17.3 Å². The zero-order valence-corrected chi connectivity index (χ0v) is 24.6. The van der Waals surface area contributed by atoms with Crippen LogP contribution < -0.4 is 9.80 Å². The summed E-state index contributed by atoms with van der Waals surface area (Å²) in [4.78, 5) is 20.4. The van der Waals surface area contributed by atoms with Crippen molar-refractivity contribution in [2.75, 3.05) is 49.6 Å². The molecule has 0 N–H and O–H groups in total. The molecule has 0 aromatic heterocycles. The number of fused-ring (bicyclic) bond motifs is 3. The zero-order valence-electron chi connectivity index (χ0n) is 24.6. The molecule has 218 valence electrons. The fourth-order valence-corrected chi connectivity index (χ4v) is 7.09. The molecule has 5 nitrogen and oxygen atoms in total. The van der Waals surface area contributed by atoms with Crippen LogP contribution in [0.4, 0.5) is 15.8 Å². The molecule has 0 spiro atoms. The van der Waals surface area contributed by atoms with Crippen molar-refractivity contribution in [1.29, 1.82) is 0 Å². The maximum atomic E-state index is 13.6. The van der Waals surface area contributed by atoms with Gasteiger partial charge in [-0.05, 0) is 61.6 Å². The highest BCUT2D eigenvalue weighted by Gasteiger charge is 2.44. The average molecular weight is 550 g/mol. The third kappa shape index (κ3) is 6.82. The maximum Gasteiger partial charge on any atom is 0.306 e. The van der Waals surface area contributed by atoms with Gasteiger partial charge in [0, 0.05) is 51.6 Å². The van der Waals surface area contributed by atoms with Crippen LogP contribution in [0.3, 0.4) is 0 Å². The summed E-state index contributed by atoms with van der Waals surface area (Å²) in [5.74, 6) is 0.171. The SMILES string of the molecule is CCCCCCCCCC(=O)O[C@H](CCCN1CC[C@H]2[C@@H](C1)c1cccc3c1N2CCN3C)c1ccc(F)cc1. The van der Waals surface area contributed by atoms with Crippen LogP contribution in [0.25, 0.3) is 0 Å². The predicted molar refractivity (Wildman–Crippen MR) is 162 cm³/mol. The van der Waals surface area contributed by atoms with Crippen LogP contribution in [-0.4, -0.2) is 56.7 Å². The van der Waals surface area contributed by atoms with Gasteiger partial charge >= 0.3 is 5.97 Å². The van der Waals surface area contributed by atoms with Crippen molar-refractivity contribution < 1.29 is 13.9 Å². The number of anilines is 2. The number of para-hydroxylation sites is 1. The Hall–Kier alpha value is -2.60. The Morgan fingerprint density at radius 2 is 1.75 bits per heavy atom. The summed E-state index contributed by atoms with van der Waals surface area (Å²) in [6, 6.07) is 13.9. The molecule has 0 bridgehead atoms. The van der Waals surface area contributed by atoms with E-state index in [0.29, 0.717) is 18.4 Å². The van der Waals surface area contributed by atoms with Gasteiger partial charge in [0.05, 0.1) is 11.4 Å². The van der Waals surface area contributed by atoms with E-state index in [-0.39, 0.29) is 17.9 Å². The number of esters is 1. The zero-order chi connectivity index (χ0) is 27.9. The first-order valence-corrected chi connectivity index (χ1v) is 15.8. The summed E-state index contributed by atoms with van der Waals surface area (Å²) in [6.45, 7) is 7.62. The lowest BCUT2D eigenvalue weighted by atomic mass is 9.89. The van der Waals surface area contributed by atoms with Crippen molar-refractivity contribution in [2.45, 2.75) is 95.6 Å². The third-order valence-corrected chi connectivity index (χ3v) is 9.32. The van der Waals surface area contributed by atoms with Crippen LogP contribution >= 0.6 is 0 Å². The molecule has 3 aliphatic heterocycles. The second kappa shape index (κ2) is 13.8. The first-order chi connectivity index (χ1) is 19.5. The summed E-state index contributed by atoms with van der Waals surface area (Å²) in [6.07, 6.45) is 11.3.